The van der Waals surface area contributed by atoms with Crippen LogP contribution in [0.3, 0.4) is 0 Å². The van der Waals surface area contributed by atoms with Crippen LogP contribution >= 0.6 is 0 Å². The Hall–Kier alpha value is -2.33. The minimum atomic E-state index is -4.42. The van der Waals surface area contributed by atoms with Crippen molar-refractivity contribution in [3.8, 4) is 0 Å². The molecule has 8 nitrogen and oxygen atoms in total. The summed E-state index contributed by atoms with van der Waals surface area (Å²) in [6.07, 6.45) is -3.51. The third kappa shape index (κ3) is 2.97. The first-order valence-corrected chi connectivity index (χ1v) is 5.42. The molecule has 20 heavy (non-hydrogen) atoms. The summed E-state index contributed by atoms with van der Waals surface area (Å²) < 4.78 is 38.6. The second-order valence-corrected chi connectivity index (χ2v) is 4.46. The Morgan fingerprint density at radius 1 is 1.50 bits per heavy atom. The standard InChI is InChI=1S/C9H9F3N6O2/c1-8(5-9(10,11)12)7(14-16-15-8)4-17-3-6(2-13-17)18(19)20/h2-3H,4-5H2,1H3. The molecule has 0 aliphatic carbocycles. The molecule has 11 heteroatoms. The van der Waals surface area contributed by atoms with E-state index in [2.05, 4.69) is 20.5 Å². The van der Waals surface area contributed by atoms with Gasteiger partial charge in [-0.2, -0.15) is 23.4 Å². The minimum absolute atomic E-state index is 0.0489. The zero-order valence-corrected chi connectivity index (χ0v) is 10.2. The fourth-order valence-electron chi connectivity index (χ4n) is 1.76. The Labute approximate surface area is 110 Å². The predicted molar refractivity (Wildman–Crippen MR) is 60.2 cm³/mol. The lowest BCUT2D eigenvalue weighted by Gasteiger charge is -2.22. The molecule has 1 aromatic heterocycles. The van der Waals surface area contributed by atoms with Gasteiger partial charge in [-0.25, -0.2) is 0 Å². The summed E-state index contributed by atoms with van der Waals surface area (Å²) in [6, 6.07) is 0. The minimum Gasteiger partial charge on any atom is -0.260 e. The number of hydrogen-bond donors (Lipinski definition) is 0. The smallest absolute Gasteiger partial charge is 0.260 e. The number of nitro groups is 1. The normalized spacial score (nSPS) is 22.1. The summed E-state index contributed by atoms with van der Waals surface area (Å²) in [5.74, 6) is 0. The molecular weight excluding hydrogens is 281 g/mol. The van der Waals surface area contributed by atoms with Gasteiger partial charge >= 0.3 is 11.9 Å². The van der Waals surface area contributed by atoms with Crippen LogP contribution < -0.4 is 0 Å². The first-order chi connectivity index (χ1) is 9.20. The van der Waals surface area contributed by atoms with E-state index in [1.54, 1.807) is 0 Å². The highest BCUT2D eigenvalue weighted by molar-refractivity contribution is 5.94. The largest absolute Gasteiger partial charge is 0.391 e. The number of nitrogens with zero attached hydrogens (tertiary/aromatic N) is 6. The van der Waals surface area contributed by atoms with Gasteiger partial charge < -0.3 is 0 Å². The molecule has 0 bridgehead atoms. The van der Waals surface area contributed by atoms with Crippen molar-refractivity contribution in [3.05, 3.63) is 22.5 Å². The molecule has 108 valence electrons. The van der Waals surface area contributed by atoms with Crippen LogP contribution in [-0.2, 0) is 6.54 Å². The third-order valence-electron chi connectivity index (χ3n) is 2.74. The van der Waals surface area contributed by atoms with Crippen LogP contribution in [0.4, 0.5) is 18.9 Å². The number of aromatic nitrogens is 2. The maximum Gasteiger partial charge on any atom is 0.391 e. The van der Waals surface area contributed by atoms with Crippen LogP contribution in [0.15, 0.2) is 27.8 Å². The Balaban J connectivity index is 2.14. The van der Waals surface area contributed by atoms with E-state index in [4.69, 9.17) is 0 Å². The van der Waals surface area contributed by atoms with Gasteiger partial charge in [0.15, 0.2) is 0 Å². The summed E-state index contributed by atoms with van der Waals surface area (Å²) in [4.78, 5) is 9.85. The summed E-state index contributed by atoms with van der Waals surface area (Å²) in [5, 5.41) is 24.5. The summed E-state index contributed by atoms with van der Waals surface area (Å²) in [6.45, 7) is 1.11. The zero-order chi connectivity index (χ0) is 15.0. The Kier molecular flexibility index (Phi) is 3.28. The van der Waals surface area contributed by atoms with Crippen LogP contribution in [0.2, 0.25) is 0 Å². The SMILES string of the molecule is CC1(CC(F)(F)F)N=NN=C1Cn1cc([N+](=O)[O-])cn1. The molecule has 0 saturated heterocycles. The molecule has 1 atom stereocenters. The number of rotatable bonds is 4. The lowest BCUT2D eigenvalue weighted by molar-refractivity contribution is -0.385. The van der Waals surface area contributed by atoms with Crippen molar-refractivity contribution >= 4 is 11.4 Å². The van der Waals surface area contributed by atoms with Crippen molar-refractivity contribution in [2.24, 2.45) is 15.4 Å². The summed E-state index contributed by atoms with van der Waals surface area (Å²) in [7, 11) is 0. The number of hydrogen-bond acceptors (Lipinski definition) is 6. The Bertz CT molecular complexity index is 593. The van der Waals surface area contributed by atoms with Crippen molar-refractivity contribution in [2.45, 2.75) is 31.6 Å². The van der Waals surface area contributed by atoms with Crippen LogP contribution in [0, 0.1) is 10.1 Å². The molecule has 1 aliphatic rings. The van der Waals surface area contributed by atoms with Crippen LogP contribution in [0.1, 0.15) is 13.3 Å². The lowest BCUT2D eigenvalue weighted by Crippen LogP contribution is -2.38. The average Bonchev–Trinajstić information content (AvgIpc) is 2.85. The van der Waals surface area contributed by atoms with Gasteiger partial charge in [-0.15, -0.1) is 5.10 Å². The first-order valence-electron chi connectivity index (χ1n) is 5.42. The van der Waals surface area contributed by atoms with Gasteiger partial charge in [0.2, 0.25) is 0 Å². The van der Waals surface area contributed by atoms with Crippen molar-refractivity contribution in [2.75, 3.05) is 0 Å². The van der Waals surface area contributed by atoms with Gasteiger partial charge in [-0.05, 0) is 12.1 Å². The molecule has 0 aromatic carbocycles. The molecule has 1 aliphatic heterocycles. The van der Waals surface area contributed by atoms with E-state index in [0.717, 1.165) is 17.1 Å². The fraction of sp³-hybridized carbons (Fsp3) is 0.556. The topological polar surface area (TPSA) is 98.0 Å². The van der Waals surface area contributed by atoms with E-state index < -0.39 is 23.1 Å². The first kappa shape index (κ1) is 14.1. The van der Waals surface area contributed by atoms with Crippen LogP contribution in [0.25, 0.3) is 0 Å². The average molecular weight is 290 g/mol. The van der Waals surface area contributed by atoms with E-state index in [9.17, 15) is 23.3 Å². The molecule has 0 radical (unpaired) electrons. The van der Waals surface area contributed by atoms with E-state index in [-0.39, 0.29) is 17.9 Å². The Morgan fingerprint density at radius 2 is 2.20 bits per heavy atom. The van der Waals surface area contributed by atoms with Gasteiger partial charge in [0.1, 0.15) is 17.9 Å². The van der Waals surface area contributed by atoms with E-state index in [1.165, 1.54) is 6.92 Å². The molecule has 2 heterocycles. The van der Waals surface area contributed by atoms with Crippen molar-refractivity contribution in [1.29, 1.82) is 0 Å². The van der Waals surface area contributed by atoms with Gasteiger partial charge in [0.05, 0.1) is 23.6 Å². The molecular formula is C9H9F3N6O2. The third-order valence-corrected chi connectivity index (χ3v) is 2.74. The van der Waals surface area contributed by atoms with E-state index in [0.29, 0.717) is 0 Å². The van der Waals surface area contributed by atoms with Crippen molar-refractivity contribution in [1.82, 2.24) is 9.78 Å². The van der Waals surface area contributed by atoms with E-state index in [1.807, 2.05) is 0 Å². The molecule has 2 rings (SSSR count). The molecule has 0 N–H and O–H groups in total. The summed E-state index contributed by atoms with van der Waals surface area (Å²) in [5.41, 5.74) is -1.80. The van der Waals surface area contributed by atoms with Gasteiger partial charge in [0, 0.05) is 0 Å². The molecule has 0 spiro atoms. The molecule has 1 unspecified atom stereocenters. The highest BCUT2D eigenvalue weighted by atomic mass is 19.4. The Morgan fingerprint density at radius 3 is 2.75 bits per heavy atom. The molecule has 1 aromatic rings. The van der Waals surface area contributed by atoms with Crippen LogP contribution in [-0.4, -0.2) is 32.1 Å². The van der Waals surface area contributed by atoms with Crippen molar-refractivity contribution < 1.29 is 18.1 Å². The van der Waals surface area contributed by atoms with Crippen LogP contribution in [0.5, 0.6) is 0 Å². The quantitative estimate of drug-likeness (QED) is 0.628. The van der Waals surface area contributed by atoms with Crippen molar-refractivity contribution in [3.63, 3.8) is 0 Å². The second kappa shape index (κ2) is 4.65. The zero-order valence-electron chi connectivity index (χ0n) is 10.2. The number of halogens is 3. The number of alkyl halides is 3. The molecule has 0 saturated carbocycles. The maximum atomic E-state index is 12.5. The van der Waals surface area contributed by atoms with Gasteiger partial charge in [-0.1, -0.05) is 0 Å². The second-order valence-electron chi connectivity index (χ2n) is 4.46. The highest BCUT2D eigenvalue weighted by Gasteiger charge is 2.45. The van der Waals surface area contributed by atoms with Gasteiger partial charge in [0.25, 0.3) is 0 Å². The lowest BCUT2D eigenvalue weighted by atomic mass is 9.92. The monoisotopic (exact) mass is 290 g/mol. The molecule has 0 fully saturated rings. The molecule has 0 amide bonds. The van der Waals surface area contributed by atoms with Gasteiger partial charge in [-0.3, -0.25) is 14.8 Å². The fourth-order valence-corrected chi connectivity index (χ4v) is 1.76. The predicted octanol–water partition coefficient (Wildman–Crippen LogP) is 2.32. The highest BCUT2D eigenvalue weighted by Crippen LogP contribution is 2.34. The van der Waals surface area contributed by atoms with E-state index >= 15 is 0 Å². The maximum absolute atomic E-state index is 12.5. The summed E-state index contributed by atoms with van der Waals surface area (Å²) >= 11 is 0.